The summed E-state index contributed by atoms with van der Waals surface area (Å²) in [6.07, 6.45) is 5.88. The zero-order valence-electron chi connectivity index (χ0n) is 19.7. The first kappa shape index (κ1) is 20.8. The minimum absolute atomic E-state index is 0.621. The van der Waals surface area contributed by atoms with Crippen LogP contribution in [0.5, 0.6) is 0 Å². The Balaban J connectivity index is 1.24. The maximum atomic E-state index is 4.66. The number of piperazine rings is 1. The molecule has 1 fully saturated rings. The first-order valence-electron chi connectivity index (χ1n) is 12.1. The molecule has 0 saturated carbocycles. The van der Waals surface area contributed by atoms with Gasteiger partial charge in [-0.15, -0.1) is 0 Å². The molecule has 1 aliphatic heterocycles. The Bertz CT molecular complexity index is 1420. The molecule has 0 spiro atoms. The lowest BCUT2D eigenvalue weighted by molar-refractivity contribution is 0.209. The van der Waals surface area contributed by atoms with Crippen molar-refractivity contribution in [2.75, 3.05) is 36.4 Å². The zero-order valence-corrected chi connectivity index (χ0v) is 19.7. The van der Waals surface area contributed by atoms with Gasteiger partial charge in [0.15, 0.2) is 5.65 Å². The SMILES string of the molecule is CC(C)N1CCN(c2ccc(Nc3ccc(-c4cccc5[nH]ccc45)n4ccnc34)cc2)CC1. The molecule has 0 bridgehead atoms. The molecular formula is C28H30N6. The fourth-order valence-corrected chi connectivity index (χ4v) is 5.05. The van der Waals surface area contributed by atoms with Gasteiger partial charge in [-0.3, -0.25) is 9.30 Å². The van der Waals surface area contributed by atoms with Crippen LogP contribution < -0.4 is 10.2 Å². The maximum Gasteiger partial charge on any atom is 0.161 e. The summed E-state index contributed by atoms with van der Waals surface area (Å²) in [5.74, 6) is 0. The van der Waals surface area contributed by atoms with Gasteiger partial charge in [-0.25, -0.2) is 4.98 Å². The summed E-state index contributed by atoms with van der Waals surface area (Å²) in [4.78, 5) is 13.0. The fourth-order valence-electron chi connectivity index (χ4n) is 5.05. The largest absolute Gasteiger partial charge is 0.369 e. The lowest BCUT2D eigenvalue weighted by Crippen LogP contribution is -2.48. The highest BCUT2D eigenvalue weighted by molar-refractivity contribution is 5.95. The number of aromatic amines is 1. The van der Waals surface area contributed by atoms with Gasteiger partial charge in [-0.2, -0.15) is 0 Å². The van der Waals surface area contributed by atoms with Crippen LogP contribution in [-0.4, -0.2) is 51.5 Å². The molecule has 5 aromatic rings. The molecule has 0 atom stereocenters. The topological polar surface area (TPSA) is 51.6 Å². The Kier molecular flexibility index (Phi) is 5.23. The predicted molar refractivity (Wildman–Crippen MR) is 141 cm³/mol. The van der Waals surface area contributed by atoms with Crippen molar-refractivity contribution in [1.82, 2.24) is 19.3 Å². The van der Waals surface area contributed by atoms with Crippen molar-refractivity contribution < 1.29 is 0 Å². The molecule has 6 heteroatoms. The van der Waals surface area contributed by atoms with E-state index in [9.17, 15) is 0 Å². The minimum Gasteiger partial charge on any atom is -0.369 e. The van der Waals surface area contributed by atoms with Crippen LogP contribution in [0.1, 0.15) is 13.8 Å². The second-order valence-corrected chi connectivity index (χ2v) is 9.29. The highest BCUT2D eigenvalue weighted by Crippen LogP contribution is 2.32. The third kappa shape index (κ3) is 3.70. The molecule has 6 nitrogen and oxygen atoms in total. The highest BCUT2D eigenvalue weighted by atomic mass is 15.3. The Morgan fingerprint density at radius 3 is 2.53 bits per heavy atom. The molecule has 4 heterocycles. The van der Waals surface area contributed by atoms with Gasteiger partial charge in [0.05, 0.1) is 11.4 Å². The van der Waals surface area contributed by atoms with E-state index in [1.54, 1.807) is 0 Å². The van der Waals surface area contributed by atoms with Gasteiger partial charge >= 0.3 is 0 Å². The first-order valence-corrected chi connectivity index (χ1v) is 12.1. The molecule has 1 saturated heterocycles. The monoisotopic (exact) mass is 450 g/mol. The normalized spacial score (nSPS) is 15.0. The van der Waals surface area contributed by atoms with E-state index in [1.807, 2.05) is 18.6 Å². The van der Waals surface area contributed by atoms with Crippen LogP contribution in [0.2, 0.25) is 0 Å². The Labute approximate surface area is 199 Å². The van der Waals surface area contributed by atoms with Gasteiger partial charge in [0.25, 0.3) is 0 Å². The standard InChI is InChI=1S/C28H30N6/c1-20(2)32-16-18-33(19-17-32)22-8-6-21(7-9-22)31-26-10-11-27(34-15-14-30-28(26)34)24-4-3-5-25-23(24)12-13-29-25/h3-15,20,29,31H,16-19H2,1-2H3. The molecule has 34 heavy (non-hydrogen) atoms. The third-order valence-electron chi connectivity index (χ3n) is 6.98. The number of aromatic nitrogens is 3. The molecule has 2 N–H and O–H groups in total. The molecule has 1 aliphatic rings. The summed E-state index contributed by atoms with van der Waals surface area (Å²) in [6, 6.07) is 22.2. The lowest BCUT2D eigenvalue weighted by Gasteiger charge is -2.38. The summed E-state index contributed by atoms with van der Waals surface area (Å²) in [7, 11) is 0. The fraction of sp³-hybridized carbons (Fsp3) is 0.250. The van der Waals surface area contributed by atoms with Gasteiger partial charge in [-0.05, 0) is 62.4 Å². The van der Waals surface area contributed by atoms with Crippen LogP contribution >= 0.6 is 0 Å². The van der Waals surface area contributed by atoms with Gasteiger partial charge in [0.2, 0.25) is 0 Å². The van der Waals surface area contributed by atoms with Crippen molar-refractivity contribution >= 4 is 33.6 Å². The van der Waals surface area contributed by atoms with E-state index >= 15 is 0 Å². The summed E-state index contributed by atoms with van der Waals surface area (Å²) < 4.78 is 2.16. The molecule has 172 valence electrons. The van der Waals surface area contributed by atoms with Crippen LogP contribution in [0, 0.1) is 0 Å². The predicted octanol–water partition coefficient (Wildman–Crippen LogP) is 5.76. The summed E-state index contributed by atoms with van der Waals surface area (Å²) >= 11 is 0. The quantitative estimate of drug-likeness (QED) is 0.358. The van der Waals surface area contributed by atoms with E-state index in [1.165, 1.54) is 16.6 Å². The van der Waals surface area contributed by atoms with E-state index in [0.29, 0.717) is 6.04 Å². The number of H-pyrrole nitrogens is 1. The van der Waals surface area contributed by atoms with Gasteiger partial charge in [-0.1, -0.05) is 12.1 Å². The number of hydrogen-bond acceptors (Lipinski definition) is 4. The van der Waals surface area contributed by atoms with Crippen molar-refractivity contribution in [2.24, 2.45) is 0 Å². The van der Waals surface area contributed by atoms with Crippen LogP contribution in [0.4, 0.5) is 17.1 Å². The van der Waals surface area contributed by atoms with Gasteiger partial charge < -0.3 is 15.2 Å². The third-order valence-corrected chi connectivity index (χ3v) is 6.98. The van der Waals surface area contributed by atoms with E-state index in [2.05, 4.69) is 104 Å². The van der Waals surface area contributed by atoms with Gasteiger partial charge in [0.1, 0.15) is 0 Å². The second kappa shape index (κ2) is 8.54. The van der Waals surface area contributed by atoms with Crippen molar-refractivity contribution in [3.05, 3.63) is 79.3 Å². The number of rotatable bonds is 5. The van der Waals surface area contributed by atoms with E-state index in [4.69, 9.17) is 0 Å². The Morgan fingerprint density at radius 2 is 1.74 bits per heavy atom. The average molecular weight is 451 g/mol. The summed E-state index contributed by atoms with van der Waals surface area (Å²) in [6.45, 7) is 8.96. The van der Waals surface area contributed by atoms with Crippen molar-refractivity contribution in [2.45, 2.75) is 19.9 Å². The zero-order chi connectivity index (χ0) is 23.1. The number of nitrogens with one attached hydrogen (secondary N) is 2. The first-order chi connectivity index (χ1) is 16.7. The van der Waals surface area contributed by atoms with Crippen LogP contribution in [-0.2, 0) is 0 Å². The molecule has 0 aliphatic carbocycles. The molecule has 2 aromatic carbocycles. The maximum absolute atomic E-state index is 4.66. The van der Waals surface area contributed by atoms with E-state index in [0.717, 1.165) is 54.4 Å². The van der Waals surface area contributed by atoms with Crippen molar-refractivity contribution in [3.63, 3.8) is 0 Å². The number of nitrogens with zero attached hydrogens (tertiary/aromatic N) is 4. The average Bonchev–Trinajstić information content (AvgIpc) is 3.55. The smallest absolute Gasteiger partial charge is 0.161 e. The molecule has 0 amide bonds. The Morgan fingerprint density at radius 1 is 0.912 bits per heavy atom. The second-order valence-electron chi connectivity index (χ2n) is 9.29. The number of imidazole rings is 1. The number of anilines is 3. The Hall–Kier alpha value is -3.77. The van der Waals surface area contributed by atoms with Gasteiger partial charge in [0, 0.05) is 78.7 Å². The number of benzene rings is 2. The molecule has 3 aromatic heterocycles. The van der Waals surface area contributed by atoms with Crippen LogP contribution in [0.3, 0.4) is 0 Å². The molecular weight excluding hydrogens is 420 g/mol. The number of fused-ring (bicyclic) bond motifs is 2. The minimum atomic E-state index is 0.621. The molecule has 6 rings (SSSR count). The van der Waals surface area contributed by atoms with E-state index < -0.39 is 0 Å². The lowest BCUT2D eigenvalue weighted by atomic mass is 10.1. The van der Waals surface area contributed by atoms with E-state index in [-0.39, 0.29) is 0 Å². The molecule has 0 unspecified atom stereocenters. The molecule has 0 radical (unpaired) electrons. The number of hydrogen-bond donors (Lipinski definition) is 2. The van der Waals surface area contributed by atoms with Crippen molar-refractivity contribution in [3.8, 4) is 11.3 Å². The summed E-state index contributed by atoms with van der Waals surface area (Å²) in [5, 5.41) is 4.79. The van der Waals surface area contributed by atoms with Crippen LogP contribution in [0.15, 0.2) is 79.3 Å². The number of pyridine rings is 1. The highest BCUT2D eigenvalue weighted by Gasteiger charge is 2.19. The summed E-state index contributed by atoms with van der Waals surface area (Å²) in [5.41, 5.74) is 7.71. The van der Waals surface area contributed by atoms with Crippen molar-refractivity contribution in [1.29, 1.82) is 0 Å². The van der Waals surface area contributed by atoms with Crippen LogP contribution in [0.25, 0.3) is 27.8 Å².